The molecule has 1 aromatic heterocycles. The molecule has 6 heteroatoms. The lowest BCUT2D eigenvalue weighted by Crippen LogP contribution is -2.21. The summed E-state index contributed by atoms with van der Waals surface area (Å²) >= 11 is 0. The molecule has 0 unspecified atom stereocenters. The minimum absolute atomic E-state index is 0.137. The van der Waals surface area contributed by atoms with Gasteiger partial charge in [-0.3, -0.25) is 9.78 Å². The van der Waals surface area contributed by atoms with Crippen LogP contribution in [0.15, 0.2) is 53.0 Å². The molecule has 0 fully saturated rings. The molecule has 2 aromatic rings. The van der Waals surface area contributed by atoms with E-state index in [9.17, 15) is 4.79 Å². The van der Waals surface area contributed by atoms with Crippen LogP contribution in [0.25, 0.3) is 0 Å². The molecule has 1 aromatic carbocycles. The predicted molar refractivity (Wildman–Crippen MR) is 92.7 cm³/mol. The summed E-state index contributed by atoms with van der Waals surface area (Å²) in [5.41, 5.74) is 3.02. The number of amides is 1. The van der Waals surface area contributed by atoms with E-state index in [-0.39, 0.29) is 5.91 Å². The molecular formula is C17H21N5O. The quantitative estimate of drug-likeness (QED) is 0.808. The molecule has 0 bridgehead atoms. The van der Waals surface area contributed by atoms with Crippen molar-refractivity contribution in [3.05, 3.63) is 42.7 Å². The van der Waals surface area contributed by atoms with E-state index < -0.39 is 0 Å². The lowest BCUT2D eigenvalue weighted by atomic mass is 10.2. The molecule has 0 radical (unpaired) electrons. The average Bonchev–Trinajstić information content (AvgIpc) is 2.55. The molecule has 0 aliphatic carbocycles. The summed E-state index contributed by atoms with van der Waals surface area (Å²) in [5, 5.41) is 11.2. The first-order valence-electron chi connectivity index (χ1n) is 7.62. The molecular weight excluding hydrogens is 290 g/mol. The molecule has 0 spiro atoms. The van der Waals surface area contributed by atoms with Crippen LogP contribution in [0.4, 0.5) is 22.7 Å². The van der Waals surface area contributed by atoms with Crippen LogP contribution >= 0.6 is 0 Å². The van der Waals surface area contributed by atoms with Crippen molar-refractivity contribution in [3.8, 4) is 0 Å². The average molecular weight is 311 g/mol. The molecule has 0 aliphatic rings. The maximum Gasteiger partial charge on any atom is 0.221 e. The van der Waals surface area contributed by atoms with Crippen LogP contribution in [0.3, 0.4) is 0 Å². The number of anilines is 2. The van der Waals surface area contributed by atoms with Gasteiger partial charge in [0.15, 0.2) is 0 Å². The summed E-state index contributed by atoms with van der Waals surface area (Å²) in [7, 11) is 0. The van der Waals surface area contributed by atoms with Crippen molar-refractivity contribution in [2.45, 2.75) is 20.8 Å². The normalized spacial score (nSPS) is 10.7. The first-order valence-corrected chi connectivity index (χ1v) is 7.62. The number of hydrogen-bond donors (Lipinski definition) is 1. The summed E-state index contributed by atoms with van der Waals surface area (Å²) < 4.78 is 0. The molecule has 0 saturated carbocycles. The van der Waals surface area contributed by atoms with Gasteiger partial charge >= 0.3 is 0 Å². The highest BCUT2D eigenvalue weighted by Gasteiger charge is 2.08. The number of pyridine rings is 1. The summed E-state index contributed by atoms with van der Waals surface area (Å²) in [6, 6.07) is 9.32. The molecule has 120 valence electrons. The van der Waals surface area contributed by atoms with Crippen LogP contribution in [-0.2, 0) is 4.79 Å². The summed E-state index contributed by atoms with van der Waals surface area (Å²) in [6.07, 6.45) is 3.32. The van der Waals surface area contributed by atoms with Crippen molar-refractivity contribution in [1.29, 1.82) is 0 Å². The van der Waals surface area contributed by atoms with Gasteiger partial charge in [0, 0.05) is 38.1 Å². The van der Waals surface area contributed by atoms with E-state index in [1.807, 2.05) is 18.2 Å². The zero-order chi connectivity index (χ0) is 16.7. The standard InChI is InChI=1S/C17H21N5O/c1-4-22(5-2)15-6-7-16(17(12-15)19-13(3)23)21-20-14-8-10-18-11-9-14/h6-12H,4-5H2,1-3H3,(H,19,23). The second kappa shape index (κ2) is 8.03. The van der Waals surface area contributed by atoms with E-state index in [2.05, 4.69) is 39.3 Å². The third-order valence-corrected chi connectivity index (χ3v) is 3.36. The molecule has 1 amide bonds. The van der Waals surface area contributed by atoms with Crippen LogP contribution < -0.4 is 10.2 Å². The number of benzene rings is 1. The molecule has 2 rings (SSSR count). The predicted octanol–water partition coefficient (Wildman–Crippen LogP) is 4.30. The third-order valence-electron chi connectivity index (χ3n) is 3.36. The van der Waals surface area contributed by atoms with Gasteiger partial charge in [-0.2, -0.15) is 5.11 Å². The topological polar surface area (TPSA) is 70.0 Å². The fourth-order valence-electron chi connectivity index (χ4n) is 2.21. The van der Waals surface area contributed by atoms with Crippen molar-refractivity contribution in [2.24, 2.45) is 10.2 Å². The Morgan fingerprint density at radius 3 is 2.43 bits per heavy atom. The summed E-state index contributed by atoms with van der Waals surface area (Å²) in [5.74, 6) is -0.137. The number of hydrogen-bond acceptors (Lipinski definition) is 5. The first kappa shape index (κ1) is 16.6. The molecule has 6 nitrogen and oxygen atoms in total. The van der Waals surface area contributed by atoms with E-state index in [4.69, 9.17) is 0 Å². The van der Waals surface area contributed by atoms with Gasteiger partial charge in [-0.15, -0.1) is 5.11 Å². The van der Waals surface area contributed by atoms with Gasteiger partial charge in [0.05, 0.1) is 11.4 Å². The van der Waals surface area contributed by atoms with Crippen LogP contribution in [-0.4, -0.2) is 24.0 Å². The van der Waals surface area contributed by atoms with E-state index >= 15 is 0 Å². The van der Waals surface area contributed by atoms with Gasteiger partial charge in [-0.05, 0) is 44.2 Å². The summed E-state index contributed by atoms with van der Waals surface area (Å²) in [4.78, 5) is 17.6. The minimum Gasteiger partial charge on any atom is -0.372 e. The second-order valence-corrected chi connectivity index (χ2v) is 4.96. The van der Waals surface area contributed by atoms with Crippen molar-refractivity contribution < 1.29 is 4.79 Å². The number of carbonyl (C=O) groups is 1. The van der Waals surface area contributed by atoms with E-state index in [1.54, 1.807) is 24.5 Å². The fourth-order valence-corrected chi connectivity index (χ4v) is 2.21. The Morgan fingerprint density at radius 2 is 1.83 bits per heavy atom. The fraction of sp³-hybridized carbons (Fsp3) is 0.294. The maximum absolute atomic E-state index is 11.5. The zero-order valence-electron chi connectivity index (χ0n) is 13.7. The van der Waals surface area contributed by atoms with Crippen LogP contribution in [0.1, 0.15) is 20.8 Å². The van der Waals surface area contributed by atoms with Gasteiger partial charge in [0.1, 0.15) is 5.69 Å². The zero-order valence-corrected chi connectivity index (χ0v) is 13.7. The van der Waals surface area contributed by atoms with Gasteiger partial charge in [0.2, 0.25) is 5.91 Å². The Kier molecular flexibility index (Phi) is 5.80. The minimum atomic E-state index is -0.137. The Bertz CT molecular complexity index is 681. The first-order chi connectivity index (χ1) is 11.1. The lowest BCUT2D eigenvalue weighted by molar-refractivity contribution is -0.114. The number of carbonyl (C=O) groups excluding carboxylic acids is 1. The highest BCUT2D eigenvalue weighted by atomic mass is 16.1. The van der Waals surface area contributed by atoms with E-state index in [0.717, 1.165) is 18.8 Å². The second-order valence-electron chi connectivity index (χ2n) is 4.96. The van der Waals surface area contributed by atoms with Gasteiger partial charge in [-0.1, -0.05) is 0 Å². The van der Waals surface area contributed by atoms with Crippen LogP contribution in [0.2, 0.25) is 0 Å². The van der Waals surface area contributed by atoms with Crippen molar-refractivity contribution >= 4 is 28.7 Å². The highest BCUT2D eigenvalue weighted by molar-refractivity contribution is 5.92. The molecule has 0 atom stereocenters. The summed E-state index contributed by atoms with van der Waals surface area (Å²) in [6.45, 7) is 7.47. The smallest absolute Gasteiger partial charge is 0.221 e. The monoisotopic (exact) mass is 311 g/mol. The number of rotatable bonds is 6. The van der Waals surface area contributed by atoms with Gasteiger partial charge in [0.25, 0.3) is 0 Å². The molecule has 0 aliphatic heterocycles. The SMILES string of the molecule is CCN(CC)c1ccc(N=Nc2ccncc2)c(NC(C)=O)c1. The van der Waals surface area contributed by atoms with Crippen LogP contribution in [0, 0.1) is 0 Å². The Hall–Kier alpha value is -2.76. The van der Waals surface area contributed by atoms with Crippen molar-refractivity contribution in [3.63, 3.8) is 0 Å². The van der Waals surface area contributed by atoms with Crippen molar-refractivity contribution in [1.82, 2.24) is 4.98 Å². The molecule has 23 heavy (non-hydrogen) atoms. The highest BCUT2D eigenvalue weighted by Crippen LogP contribution is 2.31. The largest absolute Gasteiger partial charge is 0.372 e. The van der Waals surface area contributed by atoms with E-state index in [0.29, 0.717) is 17.1 Å². The number of azo groups is 1. The Labute approximate surface area is 136 Å². The lowest BCUT2D eigenvalue weighted by Gasteiger charge is -2.22. The number of nitrogens with one attached hydrogen (secondary N) is 1. The molecule has 0 saturated heterocycles. The van der Waals surface area contributed by atoms with Gasteiger partial charge in [-0.25, -0.2) is 0 Å². The van der Waals surface area contributed by atoms with E-state index in [1.165, 1.54) is 6.92 Å². The van der Waals surface area contributed by atoms with Crippen molar-refractivity contribution in [2.75, 3.05) is 23.3 Å². The maximum atomic E-state index is 11.5. The molecule has 1 heterocycles. The number of nitrogens with zero attached hydrogens (tertiary/aromatic N) is 4. The molecule has 1 N–H and O–H groups in total. The Balaban J connectivity index is 2.34. The van der Waals surface area contributed by atoms with Gasteiger partial charge < -0.3 is 10.2 Å². The Morgan fingerprint density at radius 1 is 1.13 bits per heavy atom. The third kappa shape index (κ3) is 4.60. The van der Waals surface area contributed by atoms with Crippen LogP contribution in [0.5, 0.6) is 0 Å². The number of aromatic nitrogens is 1.